The van der Waals surface area contributed by atoms with E-state index in [1.807, 2.05) is 13.8 Å². The van der Waals surface area contributed by atoms with Crippen LogP contribution in [0.1, 0.15) is 35.9 Å². The zero-order valence-corrected chi connectivity index (χ0v) is 13.3. The van der Waals surface area contributed by atoms with Crippen molar-refractivity contribution in [3.05, 3.63) is 27.5 Å². The minimum Gasteiger partial charge on any atom is -0.370 e. The normalized spacial score (nSPS) is 10.6. The van der Waals surface area contributed by atoms with Crippen molar-refractivity contribution in [1.82, 2.24) is 15.0 Å². The molecule has 2 rings (SSSR count). The van der Waals surface area contributed by atoms with Gasteiger partial charge in [-0.2, -0.15) is 0 Å². The molecule has 2 N–H and O–H groups in total. The summed E-state index contributed by atoms with van der Waals surface area (Å²) in [5.74, 6) is 2.65. The maximum atomic E-state index is 4.57. The number of anilines is 2. The standard InChI is InChI=1S/C14H21N5S/c1-5-12-18-13(15-6-2)9(3)14(19-12)16-7-11-8-20-10(4)17-11/h8H,5-7H2,1-4H3,(H2,15,16,18,19). The van der Waals surface area contributed by atoms with Crippen LogP contribution in [0.4, 0.5) is 11.6 Å². The number of hydrogen-bond acceptors (Lipinski definition) is 6. The molecule has 6 heteroatoms. The number of thiazole rings is 1. The molecule has 0 saturated heterocycles. The van der Waals surface area contributed by atoms with Gasteiger partial charge in [-0.1, -0.05) is 6.92 Å². The molecule has 0 amide bonds. The lowest BCUT2D eigenvalue weighted by Crippen LogP contribution is -2.11. The highest BCUT2D eigenvalue weighted by molar-refractivity contribution is 7.09. The minimum absolute atomic E-state index is 0.691. The highest BCUT2D eigenvalue weighted by Crippen LogP contribution is 2.21. The molecule has 5 nitrogen and oxygen atoms in total. The molecule has 0 saturated carbocycles. The molecule has 108 valence electrons. The number of hydrogen-bond donors (Lipinski definition) is 2. The Morgan fingerprint density at radius 2 is 1.75 bits per heavy atom. The Morgan fingerprint density at radius 3 is 2.30 bits per heavy atom. The third kappa shape index (κ3) is 3.45. The van der Waals surface area contributed by atoms with Crippen molar-refractivity contribution < 1.29 is 0 Å². The number of aromatic nitrogens is 3. The maximum absolute atomic E-state index is 4.57. The van der Waals surface area contributed by atoms with E-state index in [4.69, 9.17) is 0 Å². The first kappa shape index (κ1) is 14.7. The van der Waals surface area contributed by atoms with Gasteiger partial charge >= 0.3 is 0 Å². The van der Waals surface area contributed by atoms with E-state index in [1.54, 1.807) is 11.3 Å². The van der Waals surface area contributed by atoms with Crippen LogP contribution in [0.3, 0.4) is 0 Å². The smallest absolute Gasteiger partial charge is 0.135 e. The van der Waals surface area contributed by atoms with Gasteiger partial charge in [-0.05, 0) is 20.8 Å². The summed E-state index contributed by atoms with van der Waals surface area (Å²) in [4.78, 5) is 13.5. The van der Waals surface area contributed by atoms with Crippen LogP contribution in [0.5, 0.6) is 0 Å². The van der Waals surface area contributed by atoms with Crippen LogP contribution >= 0.6 is 11.3 Å². The Balaban J connectivity index is 2.19. The second-order valence-electron chi connectivity index (χ2n) is 4.56. The monoisotopic (exact) mass is 291 g/mol. The average molecular weight is 291 g/mol. The Hall–Kier alpha value is -1.69. The topological polar surface area (TPSA) is 62.7 Å². The summed E-state index contributed by atoms with van der Waals surface area (Å²) in [5.41, 5.74) is 2.10. The molecule has 0 aliphatic rings. The third-order valence-electron chi connectivity index (χ3n) is 2.96. The summed E-state index contributed by atoms with van der Waals surface area (Å²) in [5, 5.41) is 9.82. The Labute approximate surface area is 123 Å². The SMILES string of the molecule is CCNc1nc(CC)nc(NCc2csc(C)n2)c1C. The maximum Gasteiger partial charge on any atom is 0.135 e. The molecule has 0 bridgehead atoms. The molecular weight excluding hydrogens is 270 g/mol. The lowest BCUT2D eigenvalue weighted by Gasteiger charge is -2.13. The van der Waals surface area contributed by atoms with Crippen LogP contribution in [0.25, 0.3) is 0 Å². The van der Waals surface area contributed by atoms with Crippen LogP contribution in [0, 0.1) is 13.8 Å². The molecular formula is C14H21N5S. The lowest BCUT2D eigenvalue weighted by molar-refractivity contribution is 0.915. The van der Waals surface area contributed by atoms with Gasteiger partial charge in [0.1, 0.15) is 17.5 Å². The van der Waals surface area contributed by atoms with Gasteiger partial charge in [-0.15, -0.1) is 11.3 Å². The molecule has 0 aromatic carbocycles. The van der Waals surface area contributed by atoms with E-state index in [1.165, 1.54) is 0 Å². The quantitative estimate of drug-likeness (QED) is 0.856. The molecule has 0 fully saturated rings. The number of nitrogens with one attached hydrogen (secondary N) is 2. The Bertz CT molecular complexity index is 579. The fourth-order valence-corrected chi connectivity index (χ4v) is 2.51. The molecule has 0 aliphatic heterocycles. The van der Waals surface area contributed by atoms with Crippen LogP contribution in [0.2, 0.25) is 0 Å². The number of nitrogens with zero attached hydrogens (tertiary/aromatic N) is 3. The van der Waals surface area contributed by atoms with Crippen LogP contribution in [-0.2, 0) is 13.0 Å². The van der Waals surface area contributed by atoms with E-state index in [2.05, 4.69) is 44.8 Å². The molecule has 0 atom stereocenters. The predicted octanol–water partition coefficient (Wildman–Crippen LogP) is 3.16. The van der Waals surface area contributed by atoms with Crippen molar-refractivity contribution in [2.75, 3.05) is 17.2 Å². The van der Waals surface area contributed by atoms with Crippen LogP contribution in [-0.4, -0.2) is 21.5 Å². The molecule has 20 heavy (non-hydrogen) atoms. The first-order chi connectivity index (χ1) is 9.63. The average Bonchev–Trinajstić information content (AvgIpc) is 2.85. The van der Waals surface area contributed by atoms with Gasteiger partial charge in [0.25, 0.3) is 0 Å². The van der Waals surface area contributed by atoms with Crippen molar-refractivity contribution >= 4 is 23.0 Å². The number of rotatable bonds is 6. The number of aryl methyl sites for hydroxylation is 2. The molecule has 2 aromatic heterocycles. The zero-order chi connectivity index (χ0) is 14.5. The van der Waals surface area contributed by atoms with Gasteiger partial charge in [0.2, 0.25) is 0 Å². The molecule has 0 spiro atoms. The predicted molar refractivity (Wildman–Crippen MR) is 84.5 cm³/mol. The molecule has 0 unspecified atom stereocenters. The van der Waals surface area contributed by atoms with Crippen LogP contribution in [0.15, 0.2) is 5.38 Å². The van der Waals surface area contributed by atoms with Crippen molar-refractivity contribution in [2.45, 2.75) is 40.7 Å². The minimum atomic E-state index is 0.691. The summed E-state index contributed by atoms with van der Waals surface area (Å²) >= 11 is 1.67. The van der Waals surface area contributed by atoms with Gasteiger partial charge in [-0.3, -0.25) is 0 Å². The Kier molecular flexibility index (Phi) is 4.89. The zero-order valence-electron chi connectivity index (χ0n) is 12.4. The van der Waals surface area contributed by atoms with Gasteiger partial charge in [0, 0.05) is 23.9 Å². The van der Waals surface area contributed by atoms with Crippen molar-refractivity contribution in [3.63, 3.8) is 0 Å². The van der Waals surface area contributed by atoms with Crippen molar-refractivity contribution in [3.8, 4) is 0 Å². The fraction of sp³-hybridized carbons (Fsp3) is 0.500. The van der Waals surface area contributed by atoms with E-state index in [0.717, 1.165) is 46.7 Å². The first-order valence-electron chi connectivity index (χ1n) is 6.90. The second-order valence-corrected chi connectivity index (χ2v) is 5.62. The van der Waals surface area contributed by atoms with Gasteiger partial charge in [-0.25, -0.2) is 15.0 Å². The highest BCUT2D eigenvalue weighted by Gasteiger charge is 2.10. The van der Waals surface area contributed by atoms with E-state index in [-0.39, 0.29) is 0 Å². The summed E-state index contributed by atoms with van der Waals surface area (Å²) in [7, 11) is 0. The summed E-state index contributed by atoms with van der Waals surface area (Å²) in [6, 6.07) is 0. The van der Waals surface area contributed by atoms with E-state index in [0.29, 0.717) is 6.54 Å². The third-order valence-corrected chi connectivity index (χ3v) is 3.78. The van der Waals surface area contributed by atoms with Crippen LogP contribution < -0.4 is 10.6 Å². The first-order valence-corrected chi connectivity index (χ1v) is 7.78. The van der Waals surface area contributed by atoms with Crippen molar-refractivity contribution in [1.29, 1.82) is 0 Å². The fourth-order valence-electron chi connectivity index (χ4n) is 1.90. The van der Waals surface area contributed by atoms with E-state index in [9.17, 15) is 0 Å². The molecule has 0 aliphatic carbocycles. The second kappa shape index (κ2) is 6.65. The summed E-state index contributed by atoms with van der Waals surface area (Å²) in [6.07, 6.45) is 0.823. The van der Waals surface area contributed by atoms with Gasteiger partial charge in [0.15, 0.2) is 0 Å². The molecule has 2 aromatic rings. The van der Waals surface area contributed by atoms with E-state index < -0.39 is 0 Å². The van der Waals surface area contributed by atoms with Gasteiger partial charge in [0.05, 0.1) is 17.2 Å². The largest absolute Gasteiger partial charge is 0.370 e. The van der Waals surface area contributed by atoms with Crippen molar-refractivity contribution in [2.24, 2.45) is 0 Å². The molecule has 2 heterocycles. The van der Waals surface area contributed by atoms with Gasteiger partial charge < -0.3 is 10.6 Å². The Morgan fingerprint density at radius 1 is 1.05 bits per heavy atom. The van der Waals surface area contributed by atoms with E-state index >= 15 is 0 Å². The highest BCUT2D eigenvalue weighted by atomic mass is 32.1. The summed E-state index contributed by atoms with van der Waals surface area (Å²) < 4.78 is 0. The molecule has 0 radical (unpaired) electrons. The lowest BCUT2D eigenvalue weighted by atomic mass is 10.2. The summed E-state index contributed by atoms with van der Waals surface area (Å²) in [6.45, 7) is 9.73.